The van der Waals surface area contributed by atoms with Crippen LogP contribution in [0.15, 0.2) is 47.3 Å². The molecular weight excluding hydrogens is 268 g/mol. The summed E-state index contributed by atoms with van der Waals surface area (Å²) in [6.45, 7) is 2.49. The van der Waals surface area contributed by atoms with Gasteiger partial charge in [0.05, 0.1) is 17.5 Å². The van der Waals surface area contributed by atoms with Gasteiger partial charge in [0.2, 0.25) is 0 Å². The monoisotopic (exact) mass is 282 g/mol. The van der Waals surface area contributed by atoms with Crippen LogP contribution in [0.2, 0.25) is 0 Å². The lowest BCUT2D eigenvalue weighted by molar-refractivity contribution is 0.340. The first kappa shape index (κ1) is 13.2. The lowest BCUT2D eigenvalue weighted by atomic mass is 10.2. The Labute approximate surface area is 120 Å². The Morgan fingerprint density at radius 1 is 1.24 bits per heavy atom. The van der Waals surface area contributed by atoms with Gasteiger partial charge in [-0.05, 0) is 37.3 Å². The zero-order valence-corrected chi connectivity index (χ0v) is 11.5. The van der Waals surface area contributed by atoms with Crippen molar-refractivity contribution in [3.63, 3.8) is 0 Å². The molecule has 0 atom stereocenters. The molecule has 3 rings (SSSR count). The van der Waals surface area contributed by atoms with E-state index in [0.717, 1.165) is 11.3 Å². The summed E-state index contributed by atoms with van der Waals surface area (Å²) in [5.41, 5.74) is 1.02. The van der Waals surface area contributed by atoms with E-state index in [9.17, 15) is 9.90 Å². The number of nitrogens with one attached hydrogen (secondary N) is 1. The number of fused-ring (bicyclic) bond motifs is 1. The van der Waals surface area contributed by atoms with E-state index < -0.39 is 0 Å². The van der Waals surface area contributed by atoms with Crippen molar-refractivity contribution in [2.75, 3.05) is 6.61 Å². The summed E-state index contributed by atoms with van der Waals surface area (Å²) in [6, 6.07) is 11.9. The number of aromatic nitrogens is 2. The van der Waals surface area contributed by atoms with Crippen molar-refractivity contribution in [1.29, 1.82) is 0 Å². The second-order valence-corrected chi connectivity index (χ2v) is 4.58. The van der Waals surface area contributed by atoms with E-state index in [2.05, 4.69) is 9.97 Å². The summed E-state index contributed by atoms with van der Waals surface area (Å²) in [7, 11) is 0. The minimum atomic E-state index is -0.285. The van der Waals surface area contributed by atoms with Gasteiger partial charge in [-0.1, -0.05) is 12.1 Å². The van der Waals surface area contributed by atoms with Gasteiger partial charge in [-0.25, -0.2) is 4.98 Å². The van der Waals surface area contributed by atoms with Crippen molar-refractivity contribution in [2.45, 2.75) is 6.92 Å². The molecule has 2 aromatic carbocycles. The van der Waals surface area contributed by atoms with E-state index in [0.29, 0.717) is 23.3 Å². The van der Waals surface area contributed by atoms with Crippen molar-refractivity contribution < 1.29 is 9.84 Å². The van der Waals surface area contributed by atoms with E-state index in [1.165, 1.54) is 12.1 Å². The highest BCUT2D eigenvalue weighted by Gasteiger charge is 2.07. The predicted molar refractivity (Wildman–Crippen MR) is 80.6 cm³/mol. The summed E-state index contributed by atoms with van der Waals surface area (Å²) in [5.74, 6) is 1.24. The molecule has 0 radical (unpaired) electrons. The lowest BCUT2D eigenvalue weighted by Crippen LogP contribution is -2.09. The zero-order valence-electron chi connectivity index (χ0n) is 11.5. The Morgan fingerprint density at radius 2 is 2.10 bits per heavy atom. The Kier molecular flexibility index (Phi) is 3.31. The Balaban J connectivity index is 2.15. The minimum Gasteiger partial charge on any atom is -0.508 e. The van der Waals surface area contributed by atoms with Crippen LogP contribution in [0.5, 0.6) is 11.5 Å². The number of aromatic hydroxyl groups is 1. The van der Waals surface area contributed by atoms with E-state index in [1.807, 2.05) is 31.2 Å². The van der Waals surface area contributed by atoms with Gasteiger partial charge in [0.25, 0.3) is 5.56 Å². The van der Waals surface area contributed by atoms with Gasteiger partial charge in [0.15, 0.2) is 0 Å². The molecule has 0 fully saturated rings. The second kappa shape index (κ2) is 5.28. The highest BCUT2D eigenvalue weighted by Crippen LogP contribution is 2.22. The fraction of sp³-hybridized carbons (Fsp3) is 0.125. The zero-order chi connectivity index (χ0) is 14.8. The molecule has 0 aliphatic carbocycles. The molecule has 0 bridgehead atoms. The average molecular weight is 282 g/mol. The first-order valence-corrected chi connectivity index (χ1v) is 6.63. The fourth-order valence-electron chi connectivity index (χ4n) is 2.16. The average Bonchev–Trinajstić information content (AvgIpc) is 2.48. The maximum atomic E-state index is 12.1. The Hall–Kier alpha value is -2.82. The molecule has 0 unspecified atom stereocenters. The van der Waals surface area contributed by atoms with E-state index in [4.69, 9.17) is 4.74 Å². The van der Waals surface area contributed by atoms with Crippen LogP contribution < -0.4 is 10.3 Å². The third-order valence-corrected chi connectivity index (χ3v) is 3.11. The molecule has 106 valence electrons. The number of rotatable bonds is 3. The van der Waals surface area contributed by atoms with Gasteiger partial charge in [0, 0.05) is 5.56 Å². The normalized spacial score (nSPS) is 10.7. The lowest BCUT2D eigenvalue weighted by Gasteiger charge is -2.06. The van der Waals surface area contributed by atoms with Crippen LogP contribution in [0.4, 0.5) is 0 Å². The maximum Gasteiger partial charge on any atom is 0.259 e. The molecule has 0 aliphatic heterocycles. The Bertz CT molecular complexity index is 856. The quantitative estimate of drug-likeness (QED) is 0.774. The largest absolute Gasteiger partial charge is 0.508 e. The molecule has 3 aromatic rings. The fourth-order valence-corrected chi connectivity index (χ4v) is 2.16. The van der Waals surface area contributed by atoms with Crippen molar-refractivity contribution in [3.8, 4) is 22.9 Å². The van der Waals surface area contributed by atoms with Crippen molar-refractivity contribution >= 4 is 10.9 Å². The van der Waals surface area contributed by atoms with E-state index >= 15 is 0 Å². The van der Waals surface area contributed by atoms with E-state index in [-0.39, 0.29) is 11.3 Å². The molecule has 5 heteroatoms. The number of phenols is 1. The number of hydrogen-bond donors (Lipinski definition) is 2. The molecule has 0 amide bonds. The first-order chi connectivity index (χ1) is 10.2. The van der Waals surface area contributed by atoms with Crippen molar-refractivity contribution in [1.82, 2.24) is 9.97 Å². The summed E-state index contributed by atoms with van der Waals surface area (Å²) >= 11 is 0. The van der Waals surface area contributed by atoms with Gasteiger partial charge in [0.1, 0.15) is 17.3 Å². The van der Waals surface area contributed by atoms with Crippen molar-refractivity contribution in [3.05, 3.63) is 52.8 Å². The predicted octanol–water partition coefficient (Wildman–Crippen LogP) is 2.69. The molecule has 0 saturated heterocycles. The highest BCUT2D eigenvalue weighted by atomic mass is 16.5. The Morgan fingerprint density at radius 3 is 2.90 bits per heavy atom. The number of benzene rings is 2. The molecule has 0 spiro atoms. The molecule has 0 saturated carbocycles. The van der Waals surface area contributed by atoms with E-state index in [1.54, 1.807) is 6.07 Å². The van der Waals surface area contributed by atoms with Crippen LogP contribution in [0.25, 0.3) is 22.3 Å². The topological polar surface area (TPSA) is 75.2 Å². The molecule has 1 heterocycles. The summed E-state index contributed by atoms with van der Waals surface area (Å²) in [6.07, 6.45) is 0. The van der Waals surface area contributed by atoms with Crippen LogP contribution >= 0.6 is 0 Å². The van der Waals surface area contributed by atoms with Crippen molar-refractivity contribution in [2.24, 2.45) is 0 Å². The van der Waals surface area contributed by atoms with Crippen LogP contribution in [0.1, 0.15) is 6.92 Å². The minimum absolute atomic E-state index is 0.0425. The second-order valence-electron chi connectivity index (χ2n) is 4.58. The summed E-state index contributed by atoms with van der Waals surface area (Å²) in [5, 5.41) is 9.80. The summed E-state index contributed by atoms with van der Waals surface area (Å²) in [4.78, 5) is 19.3. The first-order valence-electron chi connectivity index (χ1n) is 6.63. The van der Waals surface area contributed by atoms with Crippen LogP contribution in [0.3, 0.4) is 0 Å². The summed E-state index contributed by atoms with van der Waals surface area (Å²) < 4.78 is 5.45. The number of ether oxygens (including phenoxy) is 1. The SMILES string of the molecule is CCOc1cccc(-c2nc3ccc(O)cc3c(=O)[nH]2)c1. The van der Waals surface area contributed by atoms with Gasteiger partial charge in [-0.15, -0.1) is 0 Å². The van der Waals surface area contributed by atoms with Crippen LogP contribution in [0, 0.1) is 0 Å². The van der Waals surface area contributed by atoms with Crippen LogP contribution in [-0.2, 0) is 0 Å². The van der Waals surface area contributed by atoms with Gasteiger partial charge in [-0.2, -0.15) is 0 Å². The van der Waals surface area contributed by atoms with Crippen LogP contribution in [-0.4, -0.2) is 21.7 Å². The number of hydrogen-bond acceptors (Lipinski definition) is 4. The molecular formula is C16H14N2O3. The van der Waals surface area contributed by atoms with Gasteiger partial charge >= 0.3 is 0 Å². The molecule has 0 aliphatic rings. The van der Waals surface area contributed by atoms with Gasteiger partial charge in [-0.3, -0.25) is 4.79 Å². The highest BCUT2D eigenvalue weighted by molar-refractivity contribution is 5.80. The molecule has 2 N–H and O–H groups in total. The third-order valence-electron chi connectivity index (χ3n) is 3.11. The van der Waals surface area contributed by atoms with Gasteiger partial charge < -0.3 is 14.8 Å². The number of aromatic amines is 1. The third kappa shape index (κ3) is 2.58. The number of H-pyrrole nitrogens is 1. The maximum absolute atomic E-state index is 12.1. The number of nitrogens with zero attached hydrogens (tertiary/aromatic N) is 1. The molecule has 5 nitrogen and oxygen atoms in total. The number of phenolic OH excluding ortho intramolecular Hbond substituents is 1. The molecule has 21 heavy (non-hydrogen) atoms. The standard InChI is InChI=1S/C16H14N2O3/c1-2-21-12-5-3-4-10(8-12)15-17-14-7-6-11(19)9-13(14)16(20)18-15/h3-9,19H,2H2,1H3,(H,17,18,20). The smallest absolute Gasteiger partial charge is 0.259 e. The molecule has 1 aromatic heterocycles.